The molecule has 0 bridgehead atoms. The fourth-order valence-corrected chi connectivity index (χ4v) is 3.62. The molecule has 0 radical (unpaired) electrons. The molecule has 7 nitrogen and oxygen atoms in total. The summed E-state index contributed by atoms with van der Waals surface area (Å²) in [6.07, 6.45) is 7.26. The number of carbonyl (C=O) groups excluding carboxylic acids is 1. The van der Waals surface area contributed by atoms with Crippen LogP contribution in [-0.2, 0) is 0 Å². The molecule has 2 amide bonds. The van der Waals surface area contributed by atoms with Crippen molar-refractivity contribution >= 4 is 17.4 Å². The third-order valence-corrected chi connectivity index (χ3v) is 5.16. The van der Waals surface area contributed by atoms with Crippen LogP contribution in [0.3, 0.4) is 0 Å². The maximum atomic E-state index is 12.8. The van der Waals surface area contributed by atoms with E-state index in [-0.39, 0.29) is 6.03 Å². The van der Waals surface area contributed by atoms with Gasteiger partial charge in [-0.15, -0.1) is 0 Å². The third-order valence-electron chi connectivity index (χ3n) is 5.16. The Morgan fingerprint density at radius 2 is 0.962 bits per heavy atom. The molecule has 0 aromatic carbocycles. The summed E-state index contributed by atoms with van der Waals surface area (Å²) in [4.78, 5) is 29.6. The van der Waals surface area contributed by atoms with Crippen molar-refractivity contribution in [3.05, 3.63) is 49.1 Å². The number of amides is 2. The van der Waals surface area contributed by atoms with Gasteiger partial charge in [0.2, 0.25) is 0 Å². The van der Waals surface area contributed by atoms with Crippen LogP contribution in [0.25, 0.3) is 0 Å². The monoisotopic (exact) mass is 352 g/mol. The van der Waals surface area contributed by atoms with E-state index in [1.807, 2.05) is 58.9 Å². The number of nitrogens with zero attached hydrogens (tertiary/aromatic N) is 6. The first-order valence-electron chi connectivity index (χ1n) is 9.15. The van der Waals surface area contributed by atoms with Gasteiger partial charge >= 0.3 is 6.03 Å². The molecule has 7 heteroatoms. The lowest BCUT2D eigenvalue weighted by Crippen LogP contribution is -2.57. The third kappa shape index (κ3) is 3.56. The Hall–Kier alpha value is -2.83. The van der Waals surface area contributed by atoms with Crippen molar-refractivity contribution in [1.82, 2.24) is 19.8 Å². The largest absolute Gasteiger partial charge is 0.368 e. The zero-order valence-corrected chi connectivity index (χ0v) is 14.9. The quantitative estimate of drug-likeness (QED) is 0.821. The molecule has 2 aromatic rings. The summed E-state index contributed by atoms with van der Waals surface area (Å²) in [6, 6.07) is 8.27. The molecule has 0 aliphatic carbocycles. The van der Waals surface area contributed by atoms with E-state index in [2.05, 4.69) is 19.8 Å². The van der Waals surface area contributed by atoms with Gasteiger partial charge < -0.3 is 19.6 Å². The van der Waals surface area contributed by atoms with Crippen LogP contribution in [0.4, 0.5) is 16.2 Å². The number of carbonyl (C=O) groups is 1. The minimum absolute atomic E-state index is 0.175. The Kier molecular flexibility index (Phi) is 4.86. The van der Waals surface area contributed by atoms with Gasteiger partial charge in [0, 0.05) is 88.5 Å². The minimum atomic E-state index is 0.175. The Balaban J connectivity index is 1.28. The van der Waals surface area contributed by atoms with Gasteiger partial charge in [0.15, 0.2) is 0 Å². The maximum absolute atomic E-state index is 12.8. The van der Waals surface area contributed by atoms with Crippen molar-refractivity contribution < 1.29 is 4.79 Å². The lowest BCUT2D eigenvalue weighted by Gasteiger charge is -2.41. The molecule has 4 heterocycles. The summed E-state index contributed by atoms with van der Waals surface area (Å²) in [7, 11) is 0. The van der Waals surface area contributed by atoms with E-state index in [1.54, 1.807) is 0 Å². The maximum Gasteiger partial charge on any atom is 0.320 e. The zero-order valence-electron chi connectivity index (χ0n) is 14.9. The van der Waals surface area contributed by atoms with Crippen molar-refractivity contribution in [3.8, 4) is 0 Å². The van der Waals surface area contributed by atoms with E-state index in [0.29, 0.717) is 0 Å². The second-order valence-corrected chi connectivity index (χ2v) is 6.64. The van der Waals surface area contributed by atoms with Gasteiger partial charge in [-0.3, -0.25) is 9.97 Å². The van der Waals surface area contributed by atoms with Gasteiger partial charge in [-0.1, -0.05) is 0 Å². The van der Waals surface area contributed by atoms with Gasteiger partial charge in [-0.05, 0) is 24.3 Å². The molecule has 2 aliphatic heterocycles. The Bertz CT molecular complexity index is 648. The normalized spacial score (nSPS) is 18.2. The topological polar surface area (TPSA) is 55.8 Å². The van der Waals surface area contributed by atoms with Crippen LogP contribution >= 0.6 is 0 Å². The molecule has 2 fully saturated rings. The second kappa shape index (κ2) is 7.59. The number of pyridine rings is 2. The van der Waals surface area contributed by atoms with E-state index < -0.39 is 0 Å². The molecular formula is C19H24N6O. The van der Waals surface area contributed by atoms with Crippen molar-refractivity contribution in [2.24, 2.45) is 0 Å². The molecule has 0 unspecified atom stereocenters. The number of piperazine rings is 2. The van der Waals surface area contributed by atoms with Gasteiger partial charge in [-0.25, -0.2) is 4.79 Å². The molecule has 0 atom stereocenters. The highest BCUT2D eigenvalue weighted by molar-refractivity contribution is 5.75. The average Bonchev–Trinajstić information content (AvgIpc) is 2.75. The fourth-order valence-electron chi connectivity index (χ4n) is 3.62. The summed E-state index contributed by atoms with van der Waals surface area (Å²) in [5.74, 6) is 0. The van der Waals surface area contributed by atoms with Crippen LogP contribution in [0, 0.1) is 0 Å². The highest BCUT2D eigenvalue weighted by atomic mass is 16.2. The first kappa shape index (κ1) is 16.6. The van der Waals surface area contributed by atoms with E-state index in [0.717, 1.165) is 52.4 Å². The van der Waals surface area contributed by atoms with Crippen LogP contribution in [-0.4, -0.2) is 78.2 Å². The number of hydrogen-bond donors (Lipinski definition) is 0. The van der Waals surface area contributed by atoms with Crippen LogP contribution in [0.2, 0.25) is 0 Å². The Labute approximate surface area is 153 Å². The summed E-state index contributed by atoms with van der Waals surface area (Å²) in [6.45, 7) is 6.55. The minimum Gasteiger partial charge on any atom is -0.368 e. The van der Waals surface area contributed by atoms with Crippen LogP contribution in [0.5, 0.6) is 0 Å². The number of rotatable bonds is 2. The van der Waals surface area contributed by atoms with Gasteiger partial charge in [0.05, 0.1) is 0 Å². The summed E-state index contributed by atoms with van der Waals surface area (Å²) >= 11 is 0. The van der Waals surface area contributed by atoms with Crippen LogP contribution in [0.1, 0.15) is 0 Å². The van der Waals surface area contributed by atoms with Crippen molar-refractivity contribution in [3.63, 3.8) is 0 Å². The van der Waals surface area contributed by atoms with Crippen molar-refractivity contribution in [2.45, 2.75) is 0 Å². The van der Waals surface area contributed by atoms with Gasteiger partial charge in [0.25, 0.3) is 0 Å². The SMILES string of the molecule is O=C(N1CCN(c2ccncc2)CC1)N1CCN(c2ccncc2)CC1. The Morgan fingerprint density at radius 3 is 1.31 bits per heavy atom. The molecular weight excluding hydrogens is 328 g/mol. The van der Waals surface area contributed by atoms with E-state index >= 15 is 0 Å². The van der Waals surface area contributed by atoms with E-state index in [9.17, 15) is 4.79 Å². The fraction of sp³-hybridized carbons (Fsp3) is 0.421. The molecule has 2 aliphatic rings. The van der Waals surface area contributed by atoms with Crippen molar-refractivity contribution in [1.29, 1.82) is 0 Å². The highest BCUT2D eigenvalue weighted by Crippen LogP contribution is 2.18. The molecule has 2 aromatic heterocycles. The summed E-state index contributed by atoms with van der Waals surface area (Å²) in [5.41, 5.74) is 2.36. The lowest BCUT2D eigenvalue weighted by atomic mass is 10.2. The highest BCUT2D eigenvalue weighted by Gasteiger charge is 2.28. The molecule has 4 rings (SSSR count). The van der Waals surface area contributed by atoms with E-state index in [1.165, 1.54) is 11.4 Å². The summed E-state index contributed by atoms with van der Waals surface area (Å²) < 4.78 is 0. The molecule has 0 saturated carbocycles. The molecule has 0 N–H and O–H groups in total. The molecule has 136 valence electrons. The number of anilines is 2. The number of aromatic nitrogens is 2. The van der Waals surface area contributed by atoms with Crippen LogP contribution in [0.15, 0.2) is 49.1 Å². The van der Waals surface area contributed by atoms with Gasteiger partial charge in [0.1, 0.15) is 0 Å². The molecule has 26 heavy (non-hydrogen) atoms. The first-order valence-corrected chi connectivity index (χ1v) is 9.15. The molecule has 0 spiro atoms. The summed E-state index contributed by atoms with van der Waals surface area (Å²) in [5, 5.41) is 0. The van der Waals surface area contributed by atoms with Crippen LogP contribution < -0.4 is 9.80 Å². The smallest absolute Gasteiger partial charge is 0.320 e. The number of urea groups is 1. The van der Waals surface area contributed by atoms with E-state index in [4.69, 9.17) is 0 Å². The average molecular weight is 352 g/mol. The Morgan fingerprint density at radius 1 is 0.615 bits per heavy atom. The molecule has 2 saturated heterocycles. The van der Waals surface area contributed by atoms with Crippen molar-refractivity contribution in [2.75, 3.05) is 62.2 Å². The predicted octanol–water partition coefficient (Wildman–Crippen LogP) is 1.54. The second-order valence-electron chi connectivity index (χ2n) is 6.64. The lowest BCUT2D eigenvalue weighted by molar-refractivity contribution is 0.147. The predicted molar refractivity (Wildman–Crippen MR) is 101 cm³/mol. The standard InChI is InChI=1S/C19H24N6O/c26-19(24-13-9-22(10-14-24)17-1-5-20-6-2-17)25-15-11-23(12-16-25)18-3-7-21-8-4-18/h1-8H,9-16H2. The first-order chi connectivity index (χ1) is 12.8. The number of hydrogen-bond acceptors (Lipinski definition) is 5. The van der Waals surface area contributed by atoms with Gasteiger partial charge in [-0.2, -0.15) is 0 Å². The zero-order chi connectivity index (χ0) is 17.8.